The van der Waals surface area contributed by atoms with Crippen molar-refractivity contribution in [1.82, 2.24) is 4.98 Å². The summed E-state index contributed by atoms with van der Waals surface area (Å²) in [6.07, 6.45) is 4.90. The number of benzene rings is 2. The number of hydrogen-bond donors (Lipinski definition) is 2. The lowest BCUT2D eigenvalue weighted by molar-refractivity contribution is 0.253. The van der Waals surface area contributed by atoms with Crippen LogP contribution in [0.5, 0.6) is 0 Å². The summed E-state index contributed by atoms with van der Waals surface area (Å²) in [6, 6.07) is 20.2. The minimum absolute atomic E-state index is 0.189. The monoisotopic (exact) mass is 356 g/mol. The number of nitrogens with two attached hydrogens (primary N) is 1. The molecule has 2 heterocycles. The Morgan fingerprint density at radius 3 is 2.33 bits per heavy atom. The molecule has 0 unspecified atom stereocenters. The summed E-state index contributed by atoms with van der Waals surface area (Å²) >= 11 is 0. The lowest BCUT2D eigenvalue weighted by atomic mass is 9.72. The first-order chi connectivity index (χ1) is 13.2. The fourth-order valence-corrected chi connectivity index (χ4v) is 3.93. The lowest BCUT2D eigenvalue weighted by Gasteiger charge is -2.38. The van der Waals surface area contributed by atoms with Crippen LogP contribution < -0.4 is 11.3 Å². The van der Waals surface area contributed by atoms with E-state index in [1.165, 1.54) is 6.42 Å². The summed E-state index contributed by atoms with van der Waals surface area (Å²) in [7, 11) is 0. The van der Waals surface area contributed by atoms with Crippen LogP contribution >= 0.6 is 0 Å². The molecule has 0 aliphatic heterocycles. The van der Waals surface area contributed by atoms with Crippen LogP contribution in [0.15, 0.2) is 76.1 Å². The Morgan fingerprint density at radius 2 is 1.67 bits per heavy atom. The Morgan fingerprint density at radius 1 is 0.926 bits per heavy atom. The number of furan rings is 1. The topological polar surface area (TPSA) is 72.0 Å². The molecule has 0 spiro atoms. The minimum atomic E-state index is -0.220. The maximum Gasteiger partial charge on any atom is 0.291 e. The third kappa shape index (κ3) is 2.53. The Bertz CT molecular complexity index is 1170. The maximum absolute atomic E-state index is 12.3. The van der Waals surface area contributed by atoms with Gasteiger partial charge in [-0.1, -0.05) is 54.6 Å². The van der Waals surface area contributed by atoms with Crippen molar-refractivity contribution in [1.29, 1.82) is 0 Å². The molecule has 4 nitrogen and oxygen atoms in total. The zero-order valence-corrected chi connectivity index (χ0v) is 14.9. The Kier molecular flexibility index (Phi) is 3.55. The molecule has 0 amide bonds. The predicted octanol–water partition coefficient (Wildman–Crippen LogP) is 4.79. The molecule has 0 saturated heterocycles. The molecule has 0 radical (unpaired) electrons. The standard InChI is InChI=1S/C23H20N2O2/c24-23(12-4-13-23)17-9-7-16(8-10-17)20-19(15-5-2-1-3-6-15)18-11-14-25-22(26)21(18)27-20/h1-3,5-11,14H,4,12-13,24H2,(H,25,26). The van der Waals surface area contributed by atoms with Crippen LogP contribution in [0.2, 0.25) is 0 Å². The molecule has 2 aromatic carbocycles. The largest absolute Gasteiger partial charge is 0.450 e. The second-order valence-corrected chi connectivity index (χ2v) is 7.31. The third-order valence-corrected chi connectivity index (χ3v) is 5.65. The number of nitrogens with one attached hydrogen (secondary N) is 1. The van der Waals surface area contributed by atoms with E-state index in [9.17, 15) is 4.79 Å². The molecular weight excluding hydrogens is 336 g/mol. The Hall–Kier alpha value is -3.11. The molecule has 1 aliphatic rings. The number of pyridine rings is 1. The van der Waals surface area contributed by atoms with E-state index in [1.807, 2.05) is 48.5 Å². The summed E-state index contributed by atoms with van der Waals surface area (Å²) in [5.41, 5.74) is 10.5. The van der Waals surface area contributed by atoms with Crippen molar-refractivity contribution in [3.05, 3.63) is 82.8 Å². The van der Waals surface area contributed by atoms with E-state index in [2.05, 4.69) is 17.1 Å². The van der Waals surface area contributed by atoms with Gasteiger partial charge in [0, 0.05) is 28.2 Å². The van der Waals surface area contributed by atoms with Gasteiger partial charge in [-0.2, -0.15) is 0 Å². The molecule has 0 bridgehead atoms. The summed E-state index contributed by atoms with van der Waals surface area (Å²) < 4.78 is 6.06. The van der Waals surface area contributed by atoms with Crippen molar-refractivity contribution in [3.63, 3.8) is 0 Å². The van der Waals surface area contributed by atoms with Crippen LogP contribution in [0.25, 0.3) is 33.4 Å². The Labute approximate surface area is 156 Å². The van der Waals surface area contributed by atoms with E-state index in [-0.39, 0.29) is 11.1 Å². The van der Waals surface area contributed by atoms with Gasteiger partial charge < -0.3 is 15.1 Å². The van der Waals surface area contributed by atoms with E-state index >= 15 is 0 Å². The van der Waals surface area contributed by atoms with Gasteiger partial charge in [0.2, 0.25) is 0 Å². The van der Waals surface area contributed by atoms with Crippen molar-refractivity contribution < 1.29 is 4.42 Å². The van der Waals surface area contributed by atoms with Gasteiger partial charge in [-0.05, 0) is 36.5 Å². The molecule has 2 aromatic heterocycles. The smallest absolute Gasteiger partial charge is 0.291 e. The summed E-state index contributed by atoms with van der Waals surface area (Å²) in [5.74, 6) is 0.708. The SMILES string of the molecule is NC1(c2ccc(-c3oc4c(=O)[nH]ccc4c3-c3ccccc3)cc2)CCC1. The van der Waals surface area contributed by atoms with Crippen molar-refractivity contribution in [2.45, 2.75) is 24.8 Å². The molecule has 3 N–H and O–H groups in total. The van der Waals surface area contributed by atoms with Crippen LogP contribution in [-0.2, 0) is 5.54 Å². The average molecular weight is 356 g/mol. The first-order valence-corrected chi connectivity index (χ1v) is 9.25. The number of hydrogen-bond acceptors (Lipinski definition) is 3. The van der Waals surface area contributed by atoms with Crippen LogP contribution in [0.3, 0.4) is 0 Å². The van der Waals surface area contributed by atoms with Crippen molar-refractivity contribution in [2.24, 2.45) is 5.73 Å². The van der Waals surface area contributed by atoms with Crippen molar-refractivity contribution in [2.75, 3.05) is 0 Å². The number of fused-ring (bicyclic) bond motifs is 1. The molecule has 1 saturated carbocycles. The number of H-pyrrole nitrogens is 1. The zero-order valence-electron chi connectivity index (χ0n) is 14.9. The van der Waals surface area contributed by atoms with E-state index in [0.717, 1.165) is 40.5 Å². The molecule has 4 aromatic rings. The third-order valence-electron chi connectivity index (χ3n) is 5.65. The van der Waals surface area contributed by atoms with E-state index < -0.39 is 0 Å². The van der Waals surface area contributed by atoms with Crippen LogP contribution in [0, 0.1) is 0 Å². The molecule has 4 heteroatoms. The summed E-state index contributed by atoms with van der Waals surface area (Å²) in [4.78, 5) is 15.0. The second-order valence-electron chi connectivity index (χ2n) is 7.31. The molecule has 27 heavy (non-hydrogen) atoms. The van der Waals surface area contributed by atoms with Gasteiger partial charge in [0.25, 0.3) is 5.56 Å². The highest BCUT2D eigenvalue weighted by atomic mass is 16.3. The highest BCUT2D eigenvalue weighted by Crippen LogP contribution is 2.42. The van der Waals surface area contributed by atoms with Crippen LogP contribution in [0.4, 0.5) is 0 Å². The van der Waals surface area contributed by atoms with Gasteiger partial charge in [0.05, 0.1) is 0 Å². The molecule has 5 rings (SSSR count). The quantitative estimate of drug-likeness (QED) is 0.554. The summed E-state index contributed by atoms with van der Waals surface area (Å²) in [6.45, 7) is 0. The number of rotatable bonds is 3. The van der Waals surface area contributed by atoms with E-state index in [1.54, 1.807) is 6.20 Å². The van der Waals surface area contributed by atoms with Gasteiger partial charge in [-0.15, -0.1) is 0 Å². The fraction of sp³-hybridized carbons (Fsp3) is 0.174. The highest BCUT2D eigenvalue weighted by molar-refractivity contribution is 6.01. The van der Waals surface area contributed by atoms with E-state index in [0.29, 0.717) is 11.3 Å². The number of aromatic nitrogens is 1. The molecule has 0 atom stereocenters. The van der Waals surface area contributed by atoms with Crippen molar-refractivity contribution in [3.8, 4) is 22.5 Å². The first kappa shape index (κ1) is 16.1. The van der Waals surface area contributed by atoms with Gasteiger partial charge in [0.15, 0.2) is 5.58 Å². The zero-order chi connectivity index (χ0) is 18.4. The van der Waals surface area contributed by atoms with Gasteiger partial charge >= 0.3 is 0 Å². The molecule has 1 aliphatic carbocycles. The first-order valence-electron chi connectivity index (χ1n) is 9.25. The van der Waals surface area contributed by atoms with Gasteiger partial charge in [-0.3, -0.25) is 4.79 Å². The van der Waals surface area contributed by atoms with Gasteiger partial charge in [-0.25, -0.2) is 0 Å². The van der Waals surface area contributed by atoms with E-state index in [4.69, 9.17) is 10.2 Å². The molecule has 134 valence electrons. The Balaban J connectivity index is 1.71. The lowest BCUT2D eigenvalue weighted by Crippen LogP contribution is -2.43. The van der Waals surface area contributed by atoms with Crippen molar-refractivity contribution >= 4 is 11.0 Å². The minimum Gasteiger partial charge on any atom is -0.450 e. The van der Waals surface area contributed by atoms with Gasteiger partial charge in [0.1, 0.15) is 5.76 Å². The maximum atomic E-state index is 12.3. The summed E-state index contributed by atoms with van der Waals surface area (Å²) in [5, 5.41) is 0.818. The normalized spacial score (nSPS) is 15.6. The second kappa shape index (κ2) is 5.96. The molecular formula is C23H20N2O2. The molecule has 1 fully saturated rings. The highest BCUT2D eigenvalue weighted by Gasteiger charge is 2.34. The van der Waals surface area contributed by atoms with Crippen LogP contribution in [0.1, 0.15) is 24.8 Å². The van der Waals surface area contributed by atoms with Crippen LogP contribution in [-0.4, -0.2) is 4.98 Å². The number of aromatic amines is 1. The predicted molar refractivity (Wildman–Crippen MR) is 107 cm³/mol. The fourth-order valence-electron chi connectivity index (χ4n) is 3.93. The average Bonchev–Trinajstić information content (AvgIpc) is 3.08.